The average molecular weight is 275 g/mol. The van der Waals surface area contributed by atoms with Crippen LogP contribution in [0.4, 0.5) is 0 Å². The molecule has 1 aromatic heterocycles. The molecule has 1 aromatic carbocycles. The van der Waals surface area contributed by atoms with Crippen molar-refractivity contribution in [1.29, 1.82) is 0 Å². The summed E-state index contributed by atoms with van der Waals surface area (Å²) in [6.45, 7) is 0.984. The first-order valence-corrected chi connectivity index (χ1v) is 7.23. The number of carbonyl (C=O) groups is 1. The highest BCUT2D eigenvalue weighted by Crippen LogP contribution is 2.38. The highest BCUT2D eigenvalue weighted by Gasteiger charge is 2.31. The summed E-state index contributed by atoms with van der Waals surface area (Å²) in [6, 6.07) is 6.18. The molecule has 0 saturated heterocycles. The van der Waals surface area contributed by atoms with E-state index in [1.807, 2.05) is 22.8 Å². The molecule has 0 fully saturated rings. The number of benzene rings is 1. The second kappa shape index (κ2) is 4.09. The van der Waals surface area contributed by atoms with Gasteiger partial charge in [0.1, 0.15) is 0 Å². The molecule has 1 unspecified atom stereocenters. The molecule has 98 valence electrons. The molecule has 0 radical (unpaired) electrons. The van der Waals surface area contributed by atoms with Crippen LogP contribution in [0.15, 0.2) is 18.2 Å². The van der Waals surface area contributed by atoms with Crippen molar-refractivity contribution in [3.63, 3.8) is 0 Å². The van der Waals surface area contributed by atoms with Crippen molar-refractivity contribution in [2.24, 2.45) is 0 Å². The third kappa shape index (κ3) is 1.58. The standard InChI is InChI=1S/C15H15ClN2O/c16-9-4-5-13-11(8-9)10-6-7-17-12-2-1-3-14(19)18(13)15(10)12/h4-5,8,12,17H,1-3,6-7H2. The van der Waals surface area contributed by atoms with Gasteiger partial charge in [0.05, 0.1) is 5.52 Å². The molecule has 0 bridgehead atoms. The normalized spacial score (nSPS) is 22.4. The van der Waals surface area contributed by atoms with Gasteiger partial charge in [0.2, 0.25) is 5.91 Å². The number of hydrogen-bond acceptors (Lipinski definition) is 2. The summed E-state index contributed by atoms with van der Waals surface area (Å²) in [5.74, 6) is 0.222. The summed E-state index contributed by atoms with van der Waals surface area (Å²) >= 11 is 6.12. The smallest absolute Gasteiger partial charge is 0.231 e. The first-order valence-electron chi connectivity index (χ1n) is 6.85. The highest BCUT2D eigenvalue weighted by molar-refractivity contribution is 6.31. The van der Waals surface area contributed by atoms with E-state index in [2.05, 4.69) is 5.32 Å². The molecular formula is C15H15ClN2O. The van der Waals surface area contributed by atoms with E-state index < -0.39 is 0 Å². The van der Waals surface area contributed by atoms with Gasteiger partial charge < -0.3 is 5.32 Å². The molecule has 4 heteroatoms. The summed E-state index contributed by atoms with van der Waals surface area (Å²) < 4.78 is 1.94. The summed E-state index contributed by atoms with van der Waals surface area (Å²) in [6.07, 6.45) is 3.62. The van der Waals surface area contributed by atoms with Crippen molar-refractivity contribution in [3.8, 4) is 0 Å². The fourth-order valence-electron chi connectivity index (χ4n) is 3.52. The molecule has 1 atom stereocenters. The van der Waals surface area contributed by atoms with Crippen LogP contribution in [-0.4, -0.2) is 17.0 Å². The summed E-state index contributed by atoms with van der Waals surface area (Å²) in [5.41, 5.74) is 3.53. The maximum atomic E-state index is 12.4. The molecule has 3 heterocycles. The van der Waals surface area contributed by atoms with Gasteiger partial charge in [0, 0.05) is 28.6 Å². The van der Waals surface area contributed by atoms with Crippen LogP contribution < -0.4 is 5.32 Å². The SMILES string of the molecule is O=C1CCCC2NCCc3c2n1c1ccc(Cl)cc31. The molecule has 3 nitrogen and oxygen atoms in total. The number of fused-ring (bicyclic) bond motifs is 3. The summed E-state index contributed by atoms with van der Waals surface area (Å²) in [5, 5.41) is 5.45. The Bertz CT molecular complexity index is 689. The van der Waals surface area contributed by atoms with Gasteiger partial charge in [-0.2, -0.15) is 0 Å². The van der Waals surface area contributed by atoms with Crippen LogP contribution >= 0.6 is 11.6 Å². The van der Waals surface area contributed by atoms with Crippen molar-refractivity contribution in [1.82, 2.24) is 9.88 Å². The van der Waals surface area contributed by atoms with Gasteiger partial charge in [0.25, 0.3) is 0 Å². The lowest BCUT2D eigenvalue weighted by molar-refractivity contribution is 0.0907. The quantitative estimate of drug-likeness (QED) is 0.800. The number of aromatic nitrogens is 1. The predicted octanol–water partition coefficient (Wildman–Crippen LogP) is 3.31. The number of nitrogens with one attached hydrogen (secondary N) is 1. The fraction of sp³-hybridized carbons (Fsp3) is 0.400. The maximum Gasteiger partial charge on any atom is 0.231 e. The Balaban J connectivity index is 2.12. The van der Waals surface area contributed by atoms with Crippen LogP contribution in [0.3, 0.4) is 0 Å². The van der Waals surface area contributed by atoms with Crippen LogP contribution in [0.1, 0.15) is 41.4 Å². The molecule has 4 rings (SSSR count). The van der Waals surface area contributed by atoms with E-state index >= 15 is 0 Å². The van der Waals surface area contributed by atoms with Gasteiger partial charge in [-0.3, -0.25) is 9.36 Å². The lowest BCUT2D eigenvalue weighted by atomic mass is 9.96. The van der Waals surface area contributed by atoms with E-state index in [1.54, 1.807) is 0 Å². The van der Waals surface area contributed by atoms with E-state index in [0.717, 1.165) is 41.7 Å². The van der Waals surface area contributed by atoms with Crippen molar-refractivity contribution in [3.05, 3.63) is 34.5 Å². The molecule has 2 aliphatic rings. The van der Waals surface area contributed by atoms with Crippen molar-refractivity contribution < 1.29 is 4.79 Å². The van der Waals surface area contributed by atoms with Gasteiger partial charge in [-0.25, -0.2) is 0 Å². The van der Waals surface area contributed by atoms with Gasteiger partial charge in [0.15, 0.2) is 0 Å². The third-order valence-electron chi connectivity index (χ3n) is 4.30. The van der Waals surface area contributed by atoms with E-state index in [-0.39, 0.29) is 5.91 Å². The van der Waals surface area contributed by atoms with Crippen LogP contribution in [-0.2, 0) is 6.42 Å². The molecule has 0 saturated carbocycles. The minimum Gasteiger partial charge on any atom is -0.308 e. The Hall–Kier alpha value is -1.32. The Morgan fingerprint density at radius 1 is 1.32 bits per heavy atom. The maximum absolute atomic E-state index is 12.4. The lowest BCUT2D eigenvalue weighted by Gasteiger charge is -2.24. The first kappa shape index (κ1) is 11.5. The fourth-order valence-corrected chi connectivity index (χ4v) is 3.69. The van der Waals surface area contributed by atoms with Gasteiger partial charge in [-0.05, 0) is 49.6 Å². The zero-order valence-corrected chi connectivity index (χ0v) is 11.3. The topological polar surface area (TPSA) is 34.0 Å². The number of carbonyl (C=O) groups excluding carboxylic acids is 1. The number of hydrogen-bond donors (Lipinski definition) is 1. The van der Waals surface area contributed by atoms with Gasteiger partial charge >= 0.3 is 0 Å². The van der Waals surface area contributed by atoms with Gasteiger partial charge in [-0.1, -0.05) is 11.6 Å². The van der Waals surface area contributed by atoms with Crippen molar-refractivity contribution in [2.75, 3.05) is 6.54 Å². The monoisotopic (exact) mass is 274 g/mol. The lowest BCUT2D eigenvalue weighted by Crippen LogP contribution is -2.30. The van der Waals surface area contributed by atoms with E-state index in [0.29, 0.717) is 12.5 Å². The van der Waals surface area contributed by atoms with Crippen LogP contribution in [0.2, 0.25) is 5.02 Å². The second-order valence-electron chi connectivity index (χ2n) is 5.40. The number of rotatable bonds is 0. The largest absolute Gasteiger partial charge is 0.308 e. The predicted molar refractivity (Wildman–Crippen MR) is 75.9 cm³/mol. The van der Waals surface area contributed by atoms with E-state index in [1.165, 1.54) is 11.3 Å². The number of halogens is 1. The van der Waals surface area contributed by atoms with E-state index in [4.69, 9.17) is 11.6 Å². The molecule has 0 spiro atoms. The molecule has 2 aliphatic heterocycles. The molecule has 2 aromatic rings. The zero-order valence-electron chi connectivity index (χ0n) is 10.6. The second-order valence-corrected chi connectivity index (χ2v) is 5.84. The Morgan fingerprint density at radius 2 is 2.21 bits per heavy atom. The first-order chi connectivity index (χ1) is 9.25. The minimum absolute atomic E-state index is 0.222. The minimum atomic E-state index is 0.222. The molecule has 0 aliphatic carbocycles. The van der Waals surface area contributed by atoms with Crippen LogP contribution in [0.5, 0.6) is 0 Å². The zero-order chi connectivity index (χ0) is 13.0. The summed E-state index contributed by atoms with van der Waals surface area (Å²) in [4.78, 5) is 12.4. The summed E-state index contributed by atoms with van der Waals surface area (Å²) in [7, 11) is 0. The van der Waals surface area contributed by atoms with Crippen molar-refractivity contribution >= 4 is 28.4 Å². The molecule has 0 amide bonds. The average Bonchev–Trinajstić information content (AvgIpc) is 2.63. The third-order valence-corrected chi connectivity index (χ3v) is 4.54. The Labute approximate surface area is 116 Å². The number of nitrogens with zero attached hydrogens (tertiary/aromatic N) is 1. The molecule has 19 heavy (non-hydrogen) atoms. The Kier molecular flexibility index (Phi) is 2.47. The molecular weight excluding hydrogens is 260 g/mol. The highest BCUT2D eigenvalue weighted by atomic mass is 35.5. The molecule has 1 N–H and O–H groups in total. The van der Waals surface area contributed by atoms with Crippen LogP contribution in [0, 0.1) is 0 Å². The Morgan fingerprint density at radius 3 is 3.11 bits per heavy atom. The van der Waals surface area contributed by atoms with Crippen LogP contribution in [0.25, 0.3) is 10.9 Å². The van der Waals surface area contributed by atoms with Crippen molar-refractivity contribution in [2.45, 2.75) is 31.7 Å². The van der Waals surface area contributed by atoms with Gasteiger partial charge in [-0.15, -0.1) is 0 Å². The van der Waals surface area contributed by atoms with E-state index in [9.17, 15) is 4.79 Å².